The van der Waals surface area contributed by atoms with Gasteiger partial charge in [0.05, 0.1) is 13.2 Å². The zero-order valence-corrected chi connectivity index (χ0v) is 13.4. The number of methoxy groups -OCH3 is 1. The Bertz CT molecular complexity index is 430. The van der Waals surface area contributed by atoms with Crippen molar-refractivity contribution in [3.63, 3.8) is 0 Å². The van der Waals surface area contributed by atoms with Crippen molar-refractivity contribution in [3.05, 3.63) is 29.3 Å². The Balaban J connectivity index is 1.88. The Morgan fingerprint density at radius 3 is 2.90 bits per heavy atom. The summed E-state index contributed by atoms with van der Waals surface area (Å²) in [6, 6.07) is 7.84. The molecule has 118 valence electrons. The highest BCUT2D eigenvalue weighted by atomic mass is 35.5. The lowest BCUT2D eigenvalue weighted by atomic mass is 9.85. The largest absolute Gasteiger partial charge is 0.488 e. The van der Waals surface area contributed by atoms with Crippen molar-refractivity contribution in [3.8, 4) is 5.75 Å². The molecule has 3 unspecified atom stereocenters. The molecule has 1 aromatic carbocycles. The monoisotopic (exact) mass is 313 g/mol. The third-order valence-corrected chi connectivity index (χ3v) is 3.82. The van der Waals surface area contributed by atoms with Crippen molar-refractivity contribution in [2.75, 3.05) is 26.9 Å². The summed E-state index contributed by atoms with van der Waals surface area (Å²) >= 11 is 5.99. The van der Waals surface area contributed by atoms with Crippen LogP contribution in [0.25, 0.3) is 0 Å². The number of benzene rings is 1. The summed E-state index contributed by atoms with van der Waals surface area (Å²) in [5.41, 5.74) is 0. The summed E-state index contributed by atoms with van der Waals surface area (Å²) in [5.74, 6) is 0.793. The third kappa shape index (κ3) is 4.85. The molecular weight excluding hydrogens is 290 g/mol. The SMILES string of the molecule is CCCNC1CC(Oc2cccc(Cl)c2)C1OCCOC. The molecule has 0 aliphatic heterocycles. The minimum absolute atomic E-state index is 0.0608. The molecule has 0 bridgehead atoms. The Morgan fingerprint density at radius 2 is 2.19 bits per heavy atom. The number of nitrogens with one attached hydrogen (secondary N) is 1. The van der Waals surface area contributed by atoms with Gasteiger partial charge in [0.25, 0.3) is 0 Å². The van der Waals surface area contributed by atoms with E-state index in [0.29, 0.717) is 24.3 Å². The van der Waals surface area contributed by atoms with Crippen LogP contribution in [0, 0.1) is 0 Å². The van der Waals surface area contributed by atoms with Crippen molar-refractivity contribution in [1.29, 1.82) is 0 Å². The van der Waals surface area contributed by atoms with Gasteiger partial charge < -0.3 is 19.5 Å². The van der Waals surface area contributed by atoms with E-state index < -0.39 is 0 Å². The van der Waals surface area contributed by atoms with Gasteiger partial charge in [-0.3, -0.25) is 0 Å². The Labute approximate surface area is 131 Å². The first-order chi connectivity index (χ1) is 10.2. The minimum Gasteiger partial charge on any atom is -0.488 e. The standard InChI is InChI=1S/C16H24ClNO3/c1-3-7-18-14-11-15(16(14)20-9-8-19-2)21-13-6-4-5-12(17)10-13/h4-6,10,14-16,18H,3,7-9,11H2,1-2H3. The highest BCUT2D eigenvalue weighted by molar-refractivity contribution is 6.30. The summed E-state index contributed by atoms with van der Waals surface area (Å²) in [4.78, 5) is 0. The van der Waals surface area contributed by atoms with E-state index in [1.54, 1.807) is 7.11 Å². The molecule has 0 amide bonds. The number of halogens is 1. The first-order valence-electron chi connectivity index (χ1n) is 7.50. The second kappa shape index (κ2) is 8.59. The molecule has 4 nitrogen and oxygen atoms in total. The van der Waals surface area contributed by atoms with Gasteiger partial charge in [0.1, 0.15) is 18.0 Å². The summed E-state index contributed by atoms with van der Waals surface area (Å²) in [7, 11) is 1.68. The summed E-state index contributed by atoms with van der Waals surface area (Å²) < 4.78 is 16.9. The average Bonchev–Trinajstić information content (AvgIpc) is 2.46. The fourth-order valence-electron chi connectivity index (χ4n) is 2.43. The van der Waals surface area contributed by atoms with Gasteiger partial charge in [-0.15, -0.1) is 0 Å². The zero-order valence-electron chi connectivity index (χ0n) is 12.7. The van der Waals surface area contributed by atoms with Crippen LogP contribution in [0.5, 0.6) is 5.75 Å². The van der Waals surface area contributed by atoms with E-state index >= 15 is 0 Å². The van der Waals surface area contributed by atoms with E-state index in [0.717, 1.165) is 25.1 Å². The van der Waals surface area contributed by atoms with E-state index in [1.165, 1.54) is 0 Å². The molecule has 0 saturated heterocycles. The van der Waals surface area contributed by atoms with Crippen LogP contribution in [-0.2, 0) is 9.47 Å². The van der Waals surface area contributed by atoms with E-state index in [9.17, 15) is 0 Å². The van der Waals surface area contributed by atoms with E-state index in [2.05, 4.69) is 12.2 Å². The van der Waals surface area contributed by atoms with Crippen molar-refractivity contribution in [1.82, 2.24) is 5.32 Å². The lowest BCUT2D eigenvalue weighted by molar-refractivity contribution is -0.115. The molecule has 1 saturated carbocycles. The Hall–Kier alpha value is -0.810. The van der Waals surface area contributed by atoms with Crippen LogP contribution in [-0.4, -0.2) is 45.1 Å². The Kier molecular flexibility index (Phi) is 6.77. The van der Waals surface area contributed by atoms with Gasteiger partial charge in [-0.05, 0) is 31.2 Å². The molecule has 0 radical (unpaired) electrons. The van der Waals surface area contributed by atoms with Crippen molar-refractivity contribution in [2.24, 2.45) is 0 Å². The fourth-order valence-corrected chi connectivity index (χ4v) is 2.61. The molecule has 0 aromatic heterocycles. The van der Waals surface area contributed by atoms with Gasteiger partial charge in [-0.2, -0.15) is 0 Å². The van der Waals surface area contributed by atoms with Gasteiger partial charge in [0.15, 0.2) is 0 Å². The van der Waals surface area contributed by atoms with E-state index in [4.69, 9.17) is 25.8 Å². The minimum atomic E-state index is 0.0608. The molecule has 2 rings (SSSR count). The Morgan fingerprint density at radius 1 is 1.33 bits per heavy atom. The van der Waals surface area contributed by atoms with Gasteiger partial charge in [-0.1, -0.05) is 24.6 Å². The van der Waals surface area contributed by atoms with Crippen molar-refractivity contribution in [2.45, 2.75) is 38.0 Å². The fraction of sp³-hybridized carbons (Fsp3) is 0.625. The molecule has 1 fully saturated rings. The molecule has 5 heteroatoms. The molecule has 0 heterocycles. The van der Waals surface area contributed by atoms with Crippen molar-refractivity contribution < 1.29 is 14.2 Å². The number of hydrogen-bond acceptors (Lipinski definition) is 4. The quantitative estimate of drug-likeness (QED) is 0.712. The number of rotatable bonds is 9. The number of ether oxygens (including phenoxy) is 3. The normalized spacial score (nSPS) is 24.6. The maximum atomic E-state index is 5.99. The summed E-state index contributed by atoms with van der Waals surface area (Å²) in [6.45, 7) is 4.34. The molecule has 1 aliphatic rings. The smallest absolute Gasteiger partial charge is 0.128 e. The number of hydrogen-bond donors (Lipinski definition) is 1. The molecule has 21 heavy (non-hydrogen) atoms. The maximum absolute atomic E-state index is 5.99. The van der Waals surface area contributed by atoms with Gasteiger partial charge in [-0.25, -0.2) is 0 Å². The molecular formula is C16H24ClNO3. The second-order valence-electron chi connectivity index (χ2n) is 5.24. The third-order valence-electron chi connectivity index (χ3n) is 3.59. The maximum Gasteiger partial charge on any atom is 0.128 e. The highest BCUT2D eigenvalue weighted by Crippen LogP contribution is 2.30. The topological polar surface area (TPSA) is 39.7 Å². The first kappa shape index (κ1) is 16.6. The van der Waals surface area contributed by atoms with Crippen molar-refractivity contribution >= 4 is 11.6 Å². The first-order valence-corrected chi connectivity index (χ1v) is 7.88. The summed E-state index contributed by atoms with van der Waals surface area (Å²) in [6.07, 6.45) is 2.19. The van der Waals surface area contributed by atoms with Crippen LogP contribution in [0.3, 0.4) is 0 Å². The molecule has 1 aliphatic carbocycles. The van der Waals surface area contributed by atoms with Crippen LogP contribution in [0.1, 0.15) is 19.8 Å². The van der Waals surface area contributed by atoms with E-state index in [-0.39, 0.29) is 12.2 Å². The second-order valence-corrected chi connectivity index (χ2v) is 5.67. The highest BCUT2D eigenvalue weighted by Gasteiger charge is 2.43. The van der Waals surface area contributed by atoms with Crippen LogP contribution >= 0.6 is 11.6 Å². The average molecular weight is 314 g/mol. The van der Waals surface area contributed by atoms with Gasteiger partial charge in [0, 0.05) is 24.6 Å². The molecule has 0 spiro atoms. The van der Waals surface area contributed by atoms with Gasteiger partial charge in [0.2, 0.25) is 0 Å². The molecule has 1 aromatic rings. The van der Waals surface area contributed by atoms with Crippen LogP contribution in [0.4, 0.5) is 0 Å². The van der Waals surface area contributed by atoms with E-state index in [1.807, 2.05) is 24.3 Å². The summed E-state index contributed by atoms with van der Waals surface area (Å²) in [5, 5.41) is 4.19. The van der Waals surface area contributed by atoms with Crippen LogP contribution < -0.4 is 10.1 Å². The predicted molar refractivity (Wildman–Crippen MR) is 84.2 cm³/mol. The van der Waals surface area contributed by atoms with Gasteiger partial charge >= 0.3 is 0 Å². The lowest BCUT2D eigenvalue weighted by Gasteiger charge is -2.44. The predicted octanol–water partition coefficient (Wildman–Crippen LogP) is 2.89. The molecule has 3 atom stereocenters. The zero-order chi connectivity index (χ0) is 15.1. The lowest BCUT2D eigenvalue weighted by Crippen LogP contribution is -2.61. The van der Waals surface area contributed by atoms with Crippen LogP contribution in [0.15, 0.2) is 24.3 Å². The molecule has 1 N–H and O–H groups in total. The van der Waals surface area contributed by atoms with Crippen LogP contribution in [0.2, 0.25) is 5.02 Å².